The molecule has 1 aromatic carbocycles. The Morgan fingerprint density at radius 1 is 1.53 bits per heavy atom. The van der Waals surface area contributed by atoms with Gasteiger partial charge in [0, 0.05) is 9.26 Å². The molecule has 1 saturated heterocycles. The zero-order valence-electron chi connectivity index (χ0n) is 8.75. The minimum atomic E-state index is -3.34. The van der Waals surface area contributed by atoms with Crippen LogP contribution >= 0.6 is 22.6 Å². The first kappa shape index (κ1) is 12.5. The van der Waals surface area contributed by atoms with Gasteiger partial charge in [-0.3, -0.25) is 0 Å². The molecule has 0 bridgehead atoms. The SMILES string of the molecule is O=C1OC(CNc2cccc(I)c2)CC1(F)F. The van der Waals surface area contributed by atoms with Gasteiger partial charge in [0.05, 0.1) is 13.0 Å². The third-order valence-electron chi connectivity index (χ3n) is 2.41. The van der Waals surface area contributed by atoms with Gasteiger partial charge in [-0.2, -0.15) is 8.78 Å². The van der Waals surface area contributed by atoms with Crippen LogP contribution in [0.1, 0.15) is 6.42 Å². The average Bonchev–Trinajstić information content (AvgIpc) is 2.50. The van der Waals surface area contributed by atoms with Gasteiger partial charge in [0.1, 0.15) is 6.10 Å². The minimum absolute atomic E-state index is 0.196. The zero-order chi connectivity index (χ0) is 12.5. The monoisotopic (exact) mass is 353 g/mol. The number of halogens is 3. The molecule has 1 fully saturated rings. The van der Waals surface area contributed by atoms with E-state index in [1.807, 2.05) is 24.3 Å². The van der Waals surface area contributed by atoms with Crippen LogP contribution in [-0.4, -0.2) is 24.5 Å². The molecule has 92 valence electrons. The second-order valence-electron chi connectivity index (χ2n) is 3.83. The maximum Gasteiger partial charge on any atom is 0.377 e. The lowest BCUT2D eigenvalue weighted by Gasteiger charge is -2.11. The highest BCUT2D eigenvalue weighted by Gasteiger charge is 2.50. The zero-order valence-corrected chi connectivity index (χ0v) is 10.9. The molecule has 17 heavy (non-hydrogen) atoms. The number of benzene rings is 1. The van der Waals surface area contributed by atoms with Crippen LogP contribution in [0.5, 0.6) is 0 Å². The molecule has 1 aliphatic rings. The molecule has 0 amide bonds. The van der Waals surface area contributed by atoms with Crippen LogP contribution in [0.2, 0.25) is 0 Å². The van der Waals surface area contributed by atoms with E-state index in [2.05, 4.69) is 32.6 Å². The van der Waals surface area contributed by atoms with Crippen molar-refractivity contribution in [3.8, 4) is 0 Å². The van der Waals surface area contributed by atoms with Gasteiger partial charge < -0.3 is 10.1 Å². The summed E-state index contributed by atoms with van der Waals surface area (Å²) < 4.78 is 31.4. The average molecular weight is 353 g/mol. The molecule has 1 unspecified atom stereocenters. The van der Waals surface area contributed by atoms with Crippen LogP contribution in [0, 0.1) is 3.57 Å². The first-order valence-corrected chi connectivity index (χ1v) is 6.13. The molecular weight excluding hydrogens is 343 g/mol. The van der Waals surface area contributed by atoms with Gasteiger partial charge in [0.25, 0.3) is 0 Å². The molecule has 2 rings (SSSR count). The van der Waals surface area contributed by atoms with Gasteiger partial charge in [-0.05, 0) is 40.8 Å². The molecule has 1 heterocycles. The lowest BCUT2D eigenvalue weighted by Crippen LogP contribution is -2.22. The summed E-state index contributed by atoms with van der Waals surface area (Å²) in [4.78, 5) is 10.8. The van der Waals surface area contributed by atoms with Gasteiger partial charge in [-0.25, -0.2) is 4.79 Å². The summed E-state index contributed by atoms with van der Waals surface area (Å²) in [5.74, 6) is -4.76. The van der Waals surface area contributed by atoms with E-state index >= 15 is 0 Å². The largest absolute Gasteiger partial charge is 0.456 e. The highest BCUT2D eigenvalue weighted by atomic mass is 127. The summed E-state index contributed by atoms with van der Waals surface area (Å²) in [6.45, 7) is 0.196. The van der Waals surface area contributed by atoms with Gasteiger partial charge >= 0.3 is 11.9 Å². The molecule has 0 saturated carbocycles. The third kappa shape index (κ3) is 3.05. The molecule has 1 aromatic rings. The molecular formula is C11H10F2INO2. The molecule has 0 radical (unpaired) electrons. The number of alkyl halides is 2. The van der Waals surface area contributed by atoms with Crippen molar-refractivity contribution in [2.24, 2.45) is 0 Å². The van der Waals surface area contributed by atoms with Crippen molar-refractivity contribution in [3.63, 3.8) is 0 Å². The third-order valence-corrected chi connectivity index (χ3v) is 3.09. The molecule has 1 atom stereocenters. The van der Waals surface area contributed by atoms with Gasteiger partial charge in [0.15, 0.2) is 0 Å². The Balaban J connectivity index is 1.90. The Bertz CT molecular complexity index is 439. The highest BCUT2D eigenvalue weighted by Crippen LogP contribution is 2.30. The fourth-order valence-electron chi connectivity index (χ4n) is 1.59. The fourth-order valence-corrected chi connectivity index (χ4v) is 2.14. The maximum absolute atomic E-state index is 12.9. The maximum atomic E-state index is 12.9. The lowest BCUT2D eigenvalue weighted by atomic mass is 10.2. The molecule has 6 heteroatoms. The van der Waals surface area contributed by atoms with Crippen LogP contribution in [-0.2, 0) is 9.53 Å². The van der Waals surface area contributed by atoms with Crippen molar-refractivity contribution in [3.05, 3.63) is 27.8 Å². The Morgan fingerprint density at radius 3 is 2.88 bits per heavy atom. The number of cyclic esters (lactones) is 1. The standard InChI is InChI=1S/C11H10F2INO2/c12-11(13)5-9(17-10(11)16)6-15-8-3-1-2-7(14)4-8/h1-4,9,15H,5-6H2. The number of rotatable bonds is 3. The van der Waals surface area contributed by atoms with E-state index in [9.17, 15) is 13.6 Å². The number of esters is 1. The van der Waals surface area contributed by atoms with E-state index in [0.717, 1.165) is 9.26 Å². The first-order chi connectivity index (χ1) is 7.97. The number of hydrogen-bond acceptors (Lipinski definition) is 3. The quantitative estimate of drug-likeness (QED) is 0.671. The van der Waals surface area contributed by atoms with Gasteiger partial charge in [-0.15, -0.1) is 0 Å². The summed E-state index contributed by atoms with van der Waals surface area (Å²) in [5, 5.41) is 2.97. The number of carbonyl (C=O) groups is 1. The van der Waals surface area contributed by atoms with Crippen molar-refractivity contribution in [2.45, 2.75) is 18.4 Å². The number of nitrogens with one attached hydrogen (secondary N) is 1. The number of hydrogen-bond donors (Lipinski definition) is 1. The van der Waals surface area contributed by atoms with E-state index < -0.39 is 24.4 Å². The number of ether oxygens (including phenoxy) is 1. The van der Waals surface area contributed by atoms with Crippen LogP contribution in [0.4, 0.5) is 14.5 Å². The topological polar surface area (TPSA) is 38.3 Å². The Morgan fingerprint density at radius 2 is 2.29 bits per heavy atom. The predicted octanol–water partition coefficient (Wildman–Crippen LogP) is 2.65. The van der Waals surface area contributed by atoms with Crippen LogP contribution in [0.25, 0.3) is 0 Å². The Hall–Kier alpha value is -0.920. The summed E-state index contributed by atoms with van der Waals surface area (Å²) in [6, 6.07) is 7.50. The molecule has 1 aliphatic heterocycles. The summed E-state index contributed by atoms with van der Waals surface area (Å²) in [6.07, 6.45) is -1.32. The molecule has 0 spiro atoms. The molecule has 3 nitrogen and oxygen atoms in total. The highest BCUT2D eigenvalue weighted by molar-refractivity contribution is 14.1. The van der Waals surface area contributed by atoms with Crippen molar-refractivity contribution in [2.75, 3.05) is 11.9 Å². The van der Waals surface area contributed by atoms with Crippen LogP contribution in [0.15, 0.2) is 24.3 Å². The van der Waals surface area contributed by atoms with E-state index in [-0.39, 0.29) is 6.54 Å². The predicted molar refractivity (Wildman–Crippen MR) is 67.1 cm³/mol. The van der Waals surface area contributed by atoms with Crippen molar-refractivity contribution < 1.29 is 18.3 Å². The molecule has 0 aliphatic carbocycles. The first-order valence-electron chi connectivity index (χ1n) is 5.06. The normalized spacial score (nSPS) is 22.3. The van der Waals surface area contributed by atoms with E-state index in [1.54, 1.807) is 0 Å². The van der Waals surface area contributed by atoms with Crippen molar-refractivity contribution in [1.29, 1.82) is 0 Å². The molecule has 1 N–H and O–H groups in total. The second-order valence-corrected chi connectivity index (χ2v) is 5.07. The van der Waals surface area contributed by atoms with Crippen molar-refractivity contribution >= 4 is 34.2 Å². The smallest absolute Gasteiger partial charge is 0.377 e. The van der Waals surface area contributed by atoms with E-state index in [4.69, 9.17) is 0 Å². The summed E-state index contributed by atoms with van der Waals surface area (Å²) in [7, 11) is 0. The lowest BCUT2D eigenvalue weighted by molar-refractivity contribution is -0.158. The number of anilines is 1. The van der Waals surface area contributed by atoms with E-state index in [0.29, 0.717) is 0 Å². The van der Waals surface area contributed by atoms with Crippen molar-refractivity contribution in [1.82, 2.24) is 0 Å². The fraction of sp³-hybridized carbons (Fsp3) is 0.364. The van der Waals surface area contributed by atoms with Gasteiger partial charge in [-0.1, -0.05) is 6.07 Å². The van der Waals surface area contributed by atoms with E-state index in [1.165, 1.54) is 0 Å². The second kappa shape index (κ2) is 4.75. The van der Waals surface area contributed by atoms with Crippen LogP contribution in [0.3, 0.4) is 0 Å². The van der Waals surface area contributed by atoms with Gasteiger partial charge in [0.2, 0.25) is 0 Å². The minimum Gasteiger partial charge on any atom is -0.456 e. The Kier molecular flexibility index (Phi) is 3.50. The number of carbonyl (C=O) groups excluding carboxylic acids is 1. The summed E-state index contributed by atoms with van der Waals surface area (Å²) in [5.41, 5.74) is 0.822. The Labute approximate surface area is 111 Å². The van der Waals surface area contributed by atoms with Crippen LogP contribution < -0.4 is 5.32 Å². The summed E-state index contributed by atoms with van der Waals surface area (Å²) >= 11 is 2.16. The molecule has 0 aromatic heterocycles.